The van der Waals surface area contributed by atoms with Crippen LogP contribution in [0.25, 0.3) is 0 Å². The zero-order valence-corrected chi connectivity index (χ0v) is 10.5. The van der Waals surface area contributed by atoms with Gasteiger partial charge in [0.25, 0.3) is 5.69 Å². The van der Waals surface area contributed by atoms with E-state index >= 15 is 0 Å². The van der Waals surface area contributed by atoms with Crippen molar-refractivity contribution in [1.82, 2.24) is 0 Å². The largest absolute Gasteiger partial charge is 0.496 e. The highest BCUT2D eigenvalue weighted by Gasteiger charge is 2.34. The van der Waals surface area contributed by atoms with E-state index in [4.69, 9.17) is 4.74 Å². The molecule has 6 nitrogen and oxygen atoms in total. The molecule has 0 radical (unpaired) electrons. The first kappa shape index (κ1) is 12.3. The standard InChI is InChI=1S/C12H14N2O4/c1-7-6-10(14(16)17)11-9(12(7)18-3)4-5-13(11)8(2)15/h6H,4-5H2,1-3H3. The van der Waals surface area contributed by atoms with Gasteiger partial charge < -0.3 is 9.64 Å². The predicted molar refractivity (Wildman–Crippen MR) is 66.1 cm³/mol. The van der Waals surface area contributed by atoms with Gasteiger partial charge in [-0.3, -0.25) is 14.9 Å². The molecule has 0 saturated heterocycles. The molecule has 6 heteroatoms. The highest BCUT2D eigenvalue weighted by atomic mass is 16.6. The van der Waals surface area contributed by atoms with Gasteiger partial charge in [0.2, 0.25) is 5.91 Å². The summed E-state index contributed by atoms with van der Waals surface area (Å²) in [6.45, 7) is 3.64. The van der Waals surface area contributed by atoms with E-state index in [0.717, 1.165) is 5.56 Å². The van der Waals surface area contributed by atoms with Crippen molar-refractivity contribution in [2.45, 2.75) is 20.3 Å². The van der Waals surface area contributed by atoms with E-state index in [-0.39, 0.29) is 11.6 Å². The number of hydrogen-bond donors (Lipinski definition) is 0. The summed E-state index contributed by atoms with van der Waals surface area (Å²) in [6, 6.07) is 1.46. The number of methoxy groups -OCH3 is 1. The number of amides is 1. The molecule has 1 aliphatic rings. The number of nitro benzene ring substituents is 1. The first-order valence-electron chi connectivity index (χ1n) is 5.60. The lowest BCUT2D eigenvalue weighted by atomic mass is 10.1. The Bertz CT molecular complexity index is 539. The average molecular weight is 250 g/mol. The van der Waals surface area contributed by atoms with Crippen LogP contribution in [0.3, 0.4) is 0 Å². The van der Waals surface area contributed by atoms with Gasteiger partial charge in [-0.25, -0.2) is 0 Å². The van der Waals surface area contributed by atoms with Crippen LogP contribution in [0.4, 0.5) is 11.4 Å². The van der Waals surface area contributed by atoms with Crippen LogP contribution in [0.5, 0.6) is 5.75 Å². The van der Waals surface area contributed by atoms with Crippen LogP contribution in [-0.4, -0.2) is 24.5 Å². The average Bonchev–Trinajstić information content (AvgIpc) is 2.72. The lowest BCUT2D eigenvalue weighted by Crippen LogP contribution is -2.26. The maximum atomic E-state index is 11.5. The van der Waals surface area contributed by atoms with E-state index in [0.29, 0.717) is 30.0 Å². The Morgan fingerprint density at radius 1 is 1.56 bits per heavy atom. The molecule has 0 unspecified atom stereocenters. The monoisotopic (exact) mass is 250 g/mol. The molecular formula is C12H14N2O4. The number of nitro groups is 1. The Hall–Kier alpha value is -2.11. The SMILES string of the molecule is COc1c(C)cc([N+](=O)[O-])c2c1CCN2C(C)=O. The minimum absolute atomic E-state index is 0.0315. The molecule has 18 heavy (non-hydrogen) atoms. The second-order valence-electron chi connectivity index (χ2n) is 4.25. The van der Waals surface area contributed by atoms with Crippen LogP contribution in [0.15, 0.2) is 6.07 Å². The number of anilines is 1. The molecule has 0 aromatic heterocycles. The van der Waals surface area contributed by atoms with Crippen LogP contribution in [-0.2, 0) is 11.2 Å². The molecule has 1 aromatic carbocycles. The van der Waals surface area contributed by atoms with Gasteiger partial charge in [-0.1, -0.05) is 0 Å². The molecule has 0 saturated carbocycles. The fourth-order valence-electron chi connectivity index (χ4n) is 2.45. The zero-order valence-electron chi connectivity index (χ0n) is 10.5. The van der Waals surface area contributed by atoms with Crippen LogP contribution in [0, 0.1) is 17.0 Å². The van der Waals surface area contributed by atoms with E-state index in [2.05, 4.69) is 0 Å². The van der Waals surface area contributed by atoms with Crippen LogP contribution in [0.1, 0.15) is 18.1 Å². The van der Waals surface area contributed by atoms with Gasteiger partial charge in [0.1, 0.15) is 11.4 Å². The lowest BCUT2D eigenvalue weighted by Gasteiger charge is -2.16. The first-order chi connectivity index (χ1) is 8.47. The third-order valence-corrected chi connectivity index (χ3v) is 3.15. The fraction of sp³-hybridized carbons (Fsp3) is 0.417. The number of hydrogen-bond acceptors (Lipinski definition) is 4. The minimum Gasteiger partial charge on any atom is -0.496 e. The van der Waals surface area contributed by atoms with Gasteiger partial charge in [-0.15, -0.1) is 0 Å². The van der Waals surface area contributed by atoms with E-state index < -0.39 is 4.92 Å². The molecule has 1 heterocycles. The lowest BCUT2D eigenvalue weighted by molar-refractivity contribution is -0.384. The molecule has 0 atom stereocenters. The van der Waals surface area contributed by atoms with Crippen molar-refractivity contribution >= 4 is 17.3 Å². The second kappa shape index (κ2) is 4.29. The van der Waals surface area contributed by atoms with Gasteiger partial charge in [0.15, 0.2) is 0 Å². The molecule has 1 aliphatic heterocycles. The van der Waals surface area contributed by atoms with E-state index in [9.17, 15) is 14.9 Å². The third kappa shape index (κ3) is 1.70. The number of carbonyl (C=O) groups is 1. The number of ether oxygens (including phenoxy) is 1. The summed E-state index contributed by atoms with van der Waals surface area (Å²) in [7, 11) is 1.53. The van der Waals surface area contributed by atoms with Gasteiger partial charge in [-0.05, 0) is 18.9 Å². The van der Waals surface area contributed by atoms with Crippen molar-refractivity contribution in [3.63, 3.8) is 0 Å². The number of carbonyl (C=O) groups excluding carboxylic acids is 1. The van der Waals surface area contributed by atoms with Gasteiger partial charge >= 0.3 is 0 Å². The Balaban J connectivity index is 2.73. The van der Waals surface area contributed by atoms with Gasteiger partial charge in [0.05, 0.1) is 12.0 Å². The summed E-state index contributed by atoms with van der Waals surface area (Å²) < 4.78 is 5.29. The highest BCUT2D eigenvalue weighted by Crippen LogP contribution is 2.44. The van der Waals surface area contributed by atoms with Crippen molar-refractivity contribution in [1.29, 1.82) is 0 Å². The Morgan fingerprint density at radius 3 is 2.72 bits per heavy atom. The van der Waals surface area contributed by atoms with Gasteiger partial charge in [0, 0.05) is 25.1 Å². The number of rotatable bonds is 2. The first-order valence-corrected chi connectivity index (χ1v) is 5.60. The van der Waals surface area contributed by atoms with Crippen molar-refractivity contribution in [2.24, 2.45) is 0 Å². The molecule has 1 aromatic rings. The third-order valence-electron chi connectivity index (χ3n) is 3.15. The molecule has 0 N–H and O–H groups in total. The second-order valence-corrected chi connectivity index (χ2v) is 4.25. The fourth-order valence-corrected chi connectivity index (χ4v) is 2.45. The van der Waals surface area contributed by atoms with Crippen molar-refractivity contribution in [3.8, 4) is 5.75 Å². The molecule has 0 bridgehead atoms. The highest BCUT2D eigenvalue weighted by molar-refractivity contribution is 5.97. The van der Waals surface area contributed by atoms with Crippen molar-refractivity contribution in [2.75, 3.05) is 18.6 Å². The van der Waals surface area contributed by atoms with Crippen molar-refractivity contribution in [3.05, 3.63) is 27.3 Å². The summed E-state index contributed by atoms with van der Waals surface area (Å²) in [5.74, 6) is 0.446. The summed E-state index contributed by atoms with van der Waals surface area (Å²) in [4.78, 5) is 23.6. The van der Waals surface area contributed by atoms with E-state index in [1.807, 2.05) is 0 Å². The molecular weight excluding hydrogens is 236 g/mol. The predicted octanol–water partition coefficient (Wildman–Crippen LogP) is 1.82. The Labute approximate surface area is 104 Å². The molecule has 1 amide bonds. The summed E-state index contributed by atoms with van der Waals surface area (Å²) in [6.07, 6.45) is 0.584. The molecule has 0 aliphatic carbocycles. The number of aryl methyl sites for hydroxylation is 1. The number of nitrogens with zero attached hydrogens (tertiary/aromatic N) is 2. The molecule has 2 rings (SSSR count). The normalized spacial score (nSPS) is 13.4. The maximum Gasteiger partial charge on any atom is 0.293 e. The van der Waals surface area contributed by atoms with Crippen LogP contribution < -0.4 is 9.64 Å². The van der Waals surface area contributed by atoms with Crippen LogP contribution >= 0.6 is 0 Å². The number of fused-ring (bicyclic) bond motifs is 1. The van der Waals surface area contributed by atoms with Gasteiger partial charge in [-0.2, -0.15) is 0 Å². The Morgan fingerprint density at radius 2 is 2.22 bits per heavy atom. The summed E-state index contributed by atoms with van der Waals surface area (Å²) in [5.41, 5.74) is 1.82. The van der Waals surface area contributed by atoms with Crippen LogP contribution in [0.2, 0.25) is 0 Å². The maximum absolute atomic E-state index is 11.5. The molecule has 0 spiro atoms. The minimum atomic E-state index is -0.452. The van der Waals surface area contributed by atoms with E-state index in [1.165, 1.54) is 25.0 Å². The summed E-state index contributed by atoms with van der Waals surface area (Å²) >= 11 is 0. The molecule has 0 fully saturated rings. The smallest absolute Gasteiger partial charge is 0.293 e. The topological polar surface area (TPSA) is 72.7 Å². The molecule has 96 valence electrons. The summed E-state index contributed by atoms with van der Waals surface area (Å²) in [5, 5.41) is 11.1. The Kier molecular flexibility index (Phi) is 2.94. The van der Waals surface area contributed by atoms with E-state index in [1.54, 1.807) is 6.92 Å². The van der Waals surface area contributed by atoms with Crippen molar-refractivity contribution < 1.29 is 14.5 Å². The quantitative estimate of drug-likeness (QED) is 0.592. The number of benzene rings is 1. The zero-order chi connectivity index (χ0) is 13.4.